The smallest absolute Gasteiger partial charge is 0.408 e. The number of carbonyl (C=O) groups excluding carboxylic acids is 2. The number of nitrogens with one attached hydrogen (secondary N) is 2. The quantitative estimate of drug-likeness (QED) is 0.535. The van der Waals surface area contributed by atoms with Crippen LogP contribution in [0.4, 0.5) is 4.79 Å². The van der Waals surface area contributed by atoms with E-state index < -0.39 is 29.6 Å². The van der Waals surface area contributed by atoms with Crippen molar-refractivity contribution in [1.29, 1.82) is 0 Å². The molecule has 2 amide bonds. The lowest BCUT2D eigenvalue weighted by atomic mass is 9.75. The van der Waals surface area contributed by atoms with Gasteiger partial charge in [-0.15, -0.1) is 0 Å². The van der Waals surface area contributed by atoms with Crippen LogP contribution in [0.5, 0.6) is 0 Å². The molecular formula is C28H34N2O5. The zero-order valence-electron chi connectivity index (χ0n) is 20.5. The number of ether oxygens (including phenoxy) is 1. The van der Waals surface area contributed by atoms with E-state index in [2.05, 4.69) is 34.9 Å². The van der Waals surface area contributed by atoms with Crippen LogP contribution in [0.25, 0.3) is 11.1 Å². The minimum atomic E-state index is -1.19. The van der Waals surface area contributed by atoms with Crippen LogP contribution in [0.2, 0.25) is 0 Å². The van der Waals surface area contributed by atoms with Crippen molar-refractivity contribution in [3.05, 3.63) is 59.7 Å². The number of rotatable bonds is 7. The Bertz CT molecular complexity index is 1070. The van der Waals surface area contributed by atoms with E-state index in [1.807, 2.05) is 31.2 Å². The van der Waals surface area contributed by atoms with Crippen molar-refractivity contribution in [2.24, 2.45) is 11.8 Å². The van der Waals surface area contributed by atoms with Crippen molar-refractivity contribution in [3.8, 4) is 11.1 Å². The zero-order valence-corrected chi connectivity index (χ0v) is 20.5. The molecule has 0 aliphatic heterocycles. The molecule has 0 spiro atoms. The molecule has 1 saturated carbocycles. The summed E-state index contributed by atoms with van der Waals surface area (Å²) in [5.74, 6) is -1.71. The molecule has 0 aromatic heterocycles. The Morgan fingerprint density at radius 1 is 1.06 bits per heavy atom. The van der Waals surface area contributed by atoms with Crippen LogP contribution in [0, 0.1) is 11.8 Å². The SMILES string of the molecule is CC1CCCC(NC(=O)OCC2c3ccccc3-c3ccccc32)(C(=O)N[C@@H](C(=O)O)C(C)C)C1. The van der Waals surface area contributed by atoms with Crippen molar-refractivity contribution in [2.45, 2.75) is 64.0 Å². The van der Waals surface area contributed by atoms with Crippen molar-refractivity contribution < 1.29 is 24.2 Å². The van der Waals surface area contributed by atoms with E-state index in [9.17, 15) is 19.5 Å². The number of fused-ring (bicyclic) bond motifs is 3. The molecule has 35 heavy (non-hydrogen) atoms. The highest BCUT2D eigenvalue weighted by Gasteiger charge is 2.45. The predicted molar refractivity (Wildman–Crippen MR) is 133 cm³/mol. The molecule has 0 radical (unpaired) electrons. The van der Waals surface area contributed by atoms with Gasteiger partial charge in [0.05, 0.1) is 0 Å². The third kappa shape index (κ3) is 5.04. The van der Waals surface area contributed by atoms with Crippen LogP contribution in [-0.4, -0.2) is 41.3 Å². The number of amides is 2. The first-order chi connectivity index (χ1) is 16.7. The maximum atomic E-state index is 13.4. The molecule has 0 saturated heterocycles. The van der Waals surface area contributed by atoms with Gasteiger partial charge in [0, 0.05) is 5.92 Å². The summed E-state index contributed by atoms with van der Waals surface area (Å²) in [6.07, 6.45) is 1.93. The normalized spacial score (nSPS) is 22.1. The van der Waals surface area contributed by atoms with Gasteiger partial charge in [0.1, 0.15) is 18.2 Å². The molecule has 3 atom stereocenters. The standard InChI is InChI=1S/C28H34N2O5/c1-17(2)24(25(31)32)29-26(33)28(14-8-9-18(3)15-28)30-27(34)35-16-23-21-12-6-4-10-19(21)20-11-5-7-13-22(20)23/h4-7,10-13,17-18,23-24H,8-9,14-16H2,1-3H3,(H,29,33)(H,30,34)(H,31,32)/t18?,24-,28?/m1/s1. The Morgan fingerprint density at radius 2 is 1.66 bits per heavy atom. The van der Waals surface area contributed by atoms with E-state index in [0.717, 1.165) is 35.1 Å². The summed E-state index contributed by atoms with van der Waals surface area (Å²) in [5, 5.41) is 15.1. The molecule has 2 aliphatic carbocycles. The summed E-state index contributed by atoms with van der Waals surface area (Å²) in [4.78, 5) is 38.1. The molecule has 1 fully saturated rings. The van der Waals surface area contributed by atoms with Gasteiger partial charge in [0.15, 0.2) is 0 Å². The van der Waals surface area contributed by atoms with Crippen LogP contribution in [0.1, 0.15) is 63.5 Å². The van der Waals surface area contributed by atoms with Crippen molar-refractivity contribution >= 4 is 18.0 Å². The molecule has 0 bridgehead atoms. The summed E-state index contributed by atoms with van der Waals surface area (Å²) in [5.41, 5.74) is 3.32. The molecule has 7 nitrogen and oxygen atoms in total. The van der Waals surface area contributed by atoms with Gasteiger partial charge in [-0.25, -0.2) is 9.59 Å². The molecule has 0 heterocycles. The number of carbonyl (C=O) groups is 3. The number of carboxylic acids is 1. The van der Waals surface area contributed by atoms with Gasteiger partial charge in [0.25, 0.3) is 0 Å². The van der Waals surface area contributed by atoms with Crippen LogP contribution >= 0.6 is 0 Å². The maximum Gasteiger partial charge on any atom is 0.408 e. The number of aliphatic carboxylic acids is 1. The maximum absolute atomic E-state index is 13.4. The van der Waals surface area contributed by atoms with Crippen molar-refractivity contribution in [2.75, 3.05) is 6.61 Å². The fourth-order valence-electron chi connectivity index (χ4n) is 5.55. The van der Waals surface area contributed by atoms with E-state index in [1.165, 1.54) is 0 Å². The Labute approximate surface area is 206 Å². The van der Waals surface area contributed by atoms with Gasteiger partial charge in [-0.05, 0) is 46.9 Å². The van der Waals surface area contributed by atoms with E-state index in [4.69, 9.17) is 4.74 Å². The first-order valence-corrected chi connectivity index (χ1v) is 12.4. The average Bonchev–Trinajstić information content (AvgIpc) is 3.14. The number of carboxylic acid groups (broad SMARTS) is 1. The van der Waals surface area contributed by atoms with Gasteiger partial charge >= 0.3 is 12.1 Å². The fraction of sp³-hybridized carbons (Fsp3) is 0.464. The highest BCUT2D eigenvalue weighted by molar-refractivity contribution is 5.93. The van der Waals surface area contributed by atoms with Gasteiger partial charge in [-0.3, -0.25) is 4.79 Å². The van der Waals surface area contributed by atoms with Gasteiger partial charge in [-0.1, -0.05) is 82.1 Å². The summed E-state index contributed by atoms with van der Waals surface area (Å²) in [7, 11) is 0. The van der Waals surface area contributed by atoms with Gasteiger partial charge in [0.2, 0.25) is 5.91 Å². The Hall–Kier alpha value is -3.35. The average molecular weight is 479 g/mol. The number of benzene rings is 2. The molecule has 4 rings (SSSR count). The van der Waals surface area contributed by atoms with E-state index in [-0.39, 0.29) is 24.4 Å². The molecule has 186 valence electrons. The first kappa shape index (κ1) is 24.8. The molecule has 3 N–H and O–H groups in total. The van der Waals surface area contributed by atoms with Crippen LogP contribution in [-0.2, 0) is 14.3 Å². The fourth-order valence-corrected chi connectivity index (χ4v) is 5.55. The van der Waals surface area contributed by atoms with Crippen LogP contribution in [0.15, 0.2) is 48.5 Å². The van der Waals surface area contributed by atoms with E-state index in [1.54, 1.807) is 13.8 Å². The number of alkyl carbamates (subject to hydrolysis) is 1. The minimum absolute atomic E-state index is 0.0828. The molecule has 7 heteroatoms. The van der Waals surface area contributed by atoms with Gasteiger partial charge in [-0.2, -0.15) is 0 Å². The monoisotopic (exact) mass is 478 g/mol. The highest BCUT2D eigenvalue weighted by Crippen LogP contribution is 2.44. The molecule has 2 unspecified atom stereocenters. The largest absolute Gasteiger partial charge is 0.480 e. The summed E-state index contributed by atoms with van der Waals surface area (Å²) in [6, 6.07) is 15.2. The third-order valence-corrected chi connectivity index (χ3v) is 7.34. The van der Waals surface area contributed by atoms with Crippen LogP contribution < -0.4 is 10.6 Å². The first-order valence-electron chi connectivity index (χ1n) is 12.4. The summed E-state index contributed by atoms with van der Waals surface area (Å²) >= 11 is 0. The number of hydrogen-bond acceptors (Lipinski definition) is 4. The Morgan fingerprint density at radius 3 is 2.20 bits per heavy atom. The van der Waals surface area contributed by atoms with Crippen LogP contribution in [0.3, 0.4) is 0 Å². The summed E-state index contributed by atoms with van der Waals surface area (Å²) in [6.45, 7) is 5.68. The second-order valence-electron chi connectivity index (χ2n) is 10.3. The lowest BCUT2D eigenvalue weighted by Crippen LogP contribution is -2.63. The van der Waals surface area contributed by atoms with Crippen molar-refractivity contribution in [3.63, 3.8) is 0 Å². The second-order valence-corrected chi connectivity index (χ2v) is 10.3. The minimum Gasteiger partial charge on any atom is -0.480 e. The lowest BCUT2D eigenvalue weighted by molar-refractivity contribution is -0.144. The third-order valence-electron chi connectivity index (χ3n) is 7.34. The Kier molecular flexibility index (Phi) is 7.15. The second kappa shape index (κ2) is 10.1. The molecule has 2 aromatic carbocycles. The van der Waals surface area contributed by atoms with E-state index >= 15 is 0 Å². The highest BCUT2D eigenvalue weighted by atomic mass is 16.5. The molecule has 2 aromatic rings. The number of hydrogen-bond donors (Lipinski definition) is 3. The molecule has 2 aliphatic rings. The van der Waals surface area contributed by atoms with Gasteiger partial charge < -0.3 is 20.5 Å². The molecular weight excluding hydrogens is 444 g/mol. The Balaban J connectivity index is 1.49. The topological polar surface area (TPSA) is 105 Å². The summed E-state index contributed by atoms with van der Waals surface area (Å²) < 4.78 is 5.71. The lowest BCUT2D eigenvalue weighted by Gasteiger charge is -2.39. The van der Waals surface area contributed by atoms with Crippen molar-refractivity contribution in [1.82, 2.24) is 10.6 Å². The van der Waals surface area contributed by atoms with E-state index in [0.29, 0.717) is 12.8 Å². The predicted octanol–water partition coefficient (Wildman–Crippen LogP) is 4.70. The zero-order chi connectivity index (χ0) is 25.2.